The molecule has 9 heteroatoms. The molecule has 0 radical (unpaired) electrons. The molecule has 0 aliphatic rings. The van der Waals surface area contributed by atoms with E-state index in [0.717, 1.165) is 22.8 Å². The van der Waals surface area contributed by atoms with Crippen molar-refractivity contribution >= 4 is 32.7 Å². The minimum Gasteiger partial charge on any atom is -0.355 e. The zero-order valence-electron chi connectivity index (χ0n) is 17.5. The average molecular weight is 443 g/mol. The molecule has 0 unspecified atom stereocenters. The van der Waals surface area contributed by atoms with E-state index in [9.17, 15) is 18.0 Å². The zero-order chi connectivity index (χ0) is 22.4. The number of rotatable bonds is 9. The van der Waals surface area contributed by atoms with Crippen LogP contribution in [0.1, 0.15) is 16.8 Å². The first-order valence-corrected chi connectivity index (χ1v) is 11.3. The van der Waals surface area contributed by atoms with Crippen molar-refractivity contribution in [2.45, 2.75) is 17.9 Å². The van der Waals surface area contributed by atoms with Crippen molar-refractivity contribution in [3.05, 3.63) is 66.4 Å². The lowest BCUT2D eigenvalue weighted by molar-refractivity contribution is -0.120. The van der Waals surface area contributed by atoms with Crippen LogP contribution in [0, 0.1) is 0 Å². The van der Waals surface area contributed by atoms with Crippen molar-refractivity contribution in [1.82, 2.24) is 19.5 Å². The molecule has 0 fully saturated rings. The Bertz CT molecular complexity index is 1180. The van der Waals surface area contributed by atoms with E-state index in [1.807, 2.05) is 18.3 Å². The van der Waals surface area contributed by atoms with Gasteiger partial charge in [0, 0.05) is 44.5 Å². The van der Waals surface area contributed by atoms with E-state index in [0.29, 0.717) is 6.54 Å². The Balaban J connectivity index is 1.45. The van der Waals surface area contributed by atoms with Gasteiger partial charge in [0.05, 0.1) is 11.4 Å². The van der Waals surface area contributed by atoms with Crippen LogP contribution in [0.15, 0.2) is 65.7 Å². The fourth-order valence-corrected chi connectivity index (χ4v) is 4.09. The van der Waals surface area contributed by atoms with Gasteiger partial charge in [-0.2, -0.15) is 0 Å². The van der Waals surface area contributed by atoms with Gasteiger partial charge in [0.25, 0.3) is 5.91 Å². The Kier molecular flexibility index (Phi) is 7.09. The van der Waals surface area contributed by atoms with Crippen molar-refractivity contribution < 1.29 is 18.0 Å². The first-order chi connectivity index (χ1) is 14.8. The number of sulfonamides is 1. The van der Waals surface area contributed by atoms with Crippen LogP contribution in [0.5, 0.6) is 0 Å². The predicted octanol–water partition coefficient (Wildman–Crippen LogP) is 1.83. The summed E-state index contributed by atoms with van der Waals surface area (Å²) in [6.45, 7) is 1.07. The molecule has 31 heavy (non-hydrogen) atoms. The zero-order valence-corrected chi connectivity index (χ0v) is 18.4. The number of para-hydroxylation sites is 1. The summed E-state index contributed by atoms with van der Waals surface area (Å²) >= 11 is 0. The average Bonchev–Trinajstić information content (AvgIpc) is 3.18. The molecule has 1 heterocycles. The number of hydrogen-bond acceptors (Lipinski definition) is 4. The molecule has 0 aliphatic carbocycles. The quantitative estimate of drug-likeness (QED) is 0.494. The summed E-state index contributed by atoms with van der Waals surface area (Å²) in [6, 6.07) is 15.9. The summed E-state index contributed by atoms with van der Waals surface area (Å²) < 4.78 is 27.6. The summed E-state index contributed by atoms with van der Waals surface area (Å²) in [7, 11) is -0.796. The lowest BCUT2D eigenvalue weighted by atomic mass is 10.2. The molecule has 2 N–H and O–H groups in total. The minimum absolute atomic E-state index is 0.0205. The van der Waals surface area contributed by atoms with E-state index < -0.39 is 15.9 Å². The number of carbonyl (C=O) groups is 2. The maximum absolute atomic E-state index is 12.3. The summed E-state index contributed by atoms with van der Waals surface area (Å²) in [5.41, 5.74) is 1.33. The molecule has 0 spiro atoms. The molecule has 2 amide bonds. The number of fused-ring (bicyclic) bond motifs is 1. The molecular weight excluding hydrogens is 416 g/mol. The third-order valence-corrected chi connectivity index (χ3v) is 6.67. The summed E-state index contributed by atoms with van der Waals surface area (Å²) in [6.07, 6.45) is 2.78. The maximum atomic E-state index is 12.3. The van der Waals surface area contributed by atoms with E-state index in [1.165, 1.54) is 43.7 Å². The first-order valence-electron chi connectivity index (χ1n) is 9.90. The number of carbonyl (C=O) groups excluding carboxylic acids is 2. The molecule has 0 saturated heterocycles. The van der Waals surface area contributed by atoms with Crippen LogP contribution in [0.4, 0.5) is 0 Å². The molecule has 0 aliphatic heterocycles. The van der Waals surface area contributed by atoms with Crippen LogP contribution in [0.2, 0.25) is 0 Å². The molecule has 0 saturated carbocycles. The lowest BCUT2D eigenvalue weighted by Crippen LogP contribution is -2.37. The highest BCUT2D eigenvalue weighted by atomic mass is 32.2. The van der Waals surface area contributed by atoms with E-state index >= 15 is 0 Å². The van der Waals surface area contributed by atoms with Crippen LogP contribution < -0.4 is 10.6 Å². The van der Waals surface area contributed by atoms with E-state index in [-0.39, 0.29) is 22.9 Å². The largest absolute Gasteiger partial charge is 0.355 e. The number of aromatic nitrogens is 1. The van der Waals surface area contributed by atoms with Gasteiger partial charge in [-0.15, -0.1) is 0 Å². The fraction of sp³-hybridized carbons (Fsp3) is 0.273. The van der Waals surface area contributed by atoms with Crippen LogP contribution >= 0.6 is 0 Å². The normalized spacial score (nSPS) is 11.6. The van der Waals surface area contributed by atoms with E-state index in [4.69, 9.17) is 0 Å². The van der Waals surface area contributed by atoms with Gasteiger partial charge in [0.15, 0.2) is 0 Å². The second-order valence-electron chi connectivity index (χ2n) is 7.27. The second-order valence-corrected chi connectivity index (χ2v) is 9.42. The van der Waals surface area contributed by atoms with E-state index in [2.05, 4.69) is 33.4 Å². The van der Waals surface area contributed by atoms with Gasteiger partial charge in [-0.1, -0.05) is 24.3 Å². The SMILES string of the molecule is CN(C)S(=O)(=O)c1cccc(C(=O)NCC(=O)NCCCn2ccc3ccccc32)c1. The fourth-order valence-electron chi connectivity index (χ4n) is 3.15. The maximum Gasteiger partial charge on any atom is 0.251 e. The number of nitrogens with zero attached hydrogens (tertiary/aromatic N) is 2. The monoisotopic (exact) mass is 442 g/mol. The molecule has 3 rings (SSSR count). The van der Waals surface area contributed by atoms with Gasteiger partial charge in [0.1, 0.15) is 0 Å². The molecule has 164 valence electrons. The Morgan fingerprint density at radius 3 is 2.55 bits per heavy atom. The van der Waals surface area contributed by atoms with Crippen molar-refractivity contribution in [2.24, 2.45) is 0 Å². The minimum atomic E-state index is -3.64. The van der Waals surface area contributed by atoms with Gasteiger partial charge in [-0.3, -0.25) is 9.59 Å². The first kappa shape index (κ1) is 22.5. The van der Waals surface area contributed by atoms with Gasteiger partial charge in [-0.05, 0) is 42.1 Å². The highest BCUT2D eigenvalue weighted by Crippen LogP contribution is 2.16. The Hall–Kier alpha value is -3.17. The van der Waals surface area contributed by atoms with Gasteiger partial charge < -0.3 is 15.2 Å². The Morgan fingerprint density at radius 2 is 1.77 bits per heavy atom. The lowest BCUT2D eigenvalue weighted by Gasteiger charge is -2.12. The summed E-state index contributed by atoms with van der Waals surface area (Å²) in [5, 5.41) is 6.48. The second kappa shape index (κ2) is 9.76. The number of aryl methyl sites for hydroxylation is 1. The molecule has 0 bridgehead atoms. The molecule has 8 nitrogen and oxygen atoms in total. The van der Waals surface area contributed by atoms with Gasteiger partial charge in [0.2, 0.25) is 15.9 Å². The van der Waals surface area contributed by atoms with Crippen molar-refractivity contribution in [2.75, 3.05) is 27.2 Å². The van der Waals surface area contributed by atoms with Crippen molar-refractivity contribution in [1.29, 1.82) is 0 Å². The number of benzene rings is 2. The number of amides is 2. The smallest absolute Gasteiger partial charge is 0.251 e. The molecule has 0 atom stereocenters. The molecular formula is C22H26N4O4S. The summed E-state index contributed by atoms with van der Waals surface area (Å²) in [4.78, 5) is 24.4. The van der Waals surface area contributed by atoms with Crippen LogP contribution in [0.3, 0.4) is 0 Å². The highest BCUT2D eigenvalue weighted by molar-refractivity contribution is 7.89. The number of hydrogen-bond donors (Lipinski definition) is 2. The molecule has 2 aromatic carbocycles. The van der Waals surface area contributed by atoms with Crippen LogP contribution in [-0.2, 0) is 21.4 Å². The van der Waals surface area contributed by atoms with Crippen LogP contribution in [-0.4, -0.2) is 56.3 Å². The Morgan fingerprint density at radius 1 is 1.00 bits per heavy atom. The highest BCUT2D eigenvalue weighted by Gasteiger charge is 2.18. The van der Waals surface area contributed by atoms with Gasteiger partial charge in [-0.25, -0.2) is 12.7 Å². The van der Waals surface area contributed by atoms with Crippen LogP contribution in [0.25, 0.3) is 10.9 Å². The van der Waals surface area contributed by atoms with Crippen molar-refractivity contribution in [3.63, 3.8) is 0 Å². The standard InChI is InChI=1S/C22H26N4O4S/c1-25(2)31(29,30)19-9-5-8-18(15-19)22(28)24-16-21(27)23-12-6-13-26-14-11-17-7-3-4-10-20(17)26/h3-5,7-11,14-15H,6,12-13,16H2,1-2H3,(H,23,27)(H,24,28). The van der Waals surface area contributed by atoms with E-state index in [1.54, 1.807) is 0 Å². The molecule has 3 aromatic rings. The third kappa shape index (κ3) is 5.50. The Labute approximate surface area is 181 Å². The number of nitrogens with one attached hydrogen (secondary N) is 2. The summed E-state index contributed by atoms with van der Waals surface area (Å²) in [5.74, 6) is -0.812. The topological polar surface area (TPSA) is 101 Å². The third-order valence-electron chi connectivity index (χ3n) is 4.86. The van der Waals surface area contributed by atoms with Gasteiger partial charge >= 0.3 is 0 Å². The molecule has 1 aromatic heterocycles. The predicted molar refractivity (Wildman–Crippen MR) is 119 cm³/mol. The van der Waals surface area contributed by atoms with Crippen molar-refractivity contribution in [3.8, 4) is 0 Å².